The summed E-state index contributed by atoms with van der Waals surface area (Å²) in [5, 5.41) is 0. The van der Waals surface area contributed by atoms with E-state index in [9.17, 15) is 4.79 Å². The number of carbonyl (C=O) groups is 1. The summed E-state index contributed by atoms with van der Waals surface area (Å²) in [5.74, 6) is -0.332. The van der Waals surface area contributed by atoms with Crippen molar-refractivity contribution in [2.45, 2.75) is 6.92 Å². The van der Waals surface area contributed by atoms with E-state index < -0.39 is 0 Å². The van der Waals surface area contributed by atoms with E-state index in [1.807, 2.05) is 37.3 Å². The molecule has 0 atom stereocenters. The Hall–Kier alpha value is -2.33. The molecule has 4 heteroatoms. The van der Waals surface area contributed by atoms with Crippen molar-refractivity contribution in [3.05, 3.63) is 76.4 Å². The predicted octanol–water partition coefficient (Wildman–Crippen LogP) is 5.00. The summed E-state index contributed by atoms with van der Waals surface area (Å²) in [5.41, 5.74) is 4.78. The van der Waals surface area contributed by atoms with Gasteiger partial charge < -0.3 is 9.30 Å². The van der Waals surface area contributed by atoms with Crippen molar-refractivity contribution in [2.75, 3.05) is 7.11 Å². The lowest BCUT2D eigenvalue weighted by Crippen LogP contribution is -2.04. The Morgan fingerprint density at radius 2 is 1.78 bits per heavy atom. The molecule has 0 saturated carbocycles. The molecular weight excluding hydrogens is 354 g/mol. The first-order chi connectivity index (χ1) is 11.1. The highest BCUT2D eigenvalue weighted by Crippen LogP contribution is 2.28. The fraction of sp³-hybridized carbons (Fsp3) is 0.105. The number of nitrogens with zero attached hydrogens (tertiary/aromatic N) is 1. The molecule has 0 aliphatic heterocycles. The van der Waals surface area contributed by atoms with Crippen LogP contribution in [0.3, 0.4) is 0 Å². The van der Waals surface area contributed by atoms with Crippen molar-refractivity contribution < 1.29 is 9.53 Å². The minimum Gasteiger partial charge on any atom is -0.465 e. The summed E-state index contributed by atoms with van der Waals surface area (Å²) in [6.45, 7) is 2.05. The Morgan fingerprint density at radius 1 is 1.04 bits per heavy atom. The number of aryl methyl sites for hydroxylation is 1. The second-order valence-electron chi connectivity index (χ2n) is 5.24. The van der Waals surface area contributed by atoms with Gasteiger partial charge in [0, 0.05) is 15.9 Å². The molecule has 0 spiro atoms. The smallest absolute Gasteiger partial charge is 0.337 e. The van der Waals surface area contributed by atoms with Gasteiger partial charge in [0.1, 0.15) is 0 Å². The highest BCUT2D eigenvalue weighted by Gasteiger charge is 2.12. The quantitative estimate of drug-likeness (QED) is 0.608. The van der Waals surface area contributed by atoms with E-state index in [0.29, 0.717) is 5.56 Å². The number of aromatic nitrogens is 1. The highest BCUT2D eigenvalue weighted by molar-refractivity contribution is 9.10. The van der Waals surface area contributed by atoms with Gasteiger partial charge in [0.15, 0.2) is 0 Å². The molecule has 0 bridgehead atoms. The molecule has 0 aliphatic rings. The zero-order valence-corrected chi connectivity index (χ0v) is 14.5. The number of esters is 1. The number of carbonyl (C=O) groups excluding carboxylic acids is 1. The normalized spacial score (nSPS) is 10.6. The van der Waals surface area contributed by atoms with Crippen LogP contribution in [0.4, 0.5) is 0 Å². The first-order valence-electron chi connectivity index (χ1n) is 7.23. The second-order valence-corrected chi connectivity index (χ2v) is 6.16. The van der Waals surface area contributed by atoms with E-state index in [1.165, 1.54) is 7.11 Å². The average molecular weight is 370 g/mol. The highest BCUT2D eigenvalue weighted by atomic mass is 79.9. The van der Waals surface area contributed by atoms with Gasteiger partial charge in [-0.1, -0.05) is 34.1 Å². The van der Waals surface area contributed by atoms with Crippen LogP contribution in [0.1, 0.15) is 16.1 Å². The molecule has 0 radical (unpaired) electrons. The summed E-state index contributed by atoms with van der Waals surface area (Å²) < 4.78 is 7.99. The van der Waals surface area contributed by atoms with Gasteiger partial charge in [-0.05, 0) is 55.0 Å². The summed E-state index contributed by atoms with van der Waals surface area (Å²) >= 11 is 3.46. The van der Waals surface area contributed by atoms with Crippen LogP contribution in [0.25, 0.3) is 16.9 Å². The Bertz CT molecular complexity index is 850. The monoisotopic (exact) mass is 369 g/mol. The van der Waals surface area contributed by atoms with Crippen LogP contribution in [-0.4, -0.2) is 17.6 Å². The van der Waals surface area contributed by atoms with E-state index in [4.69, 9.17) is 4.74 Å². The van der Waals surface area contributed by atoms with Crippen molar-refractivity contribution in [3.63, 3.8) is 0 Å². The molecule has 1 heterocycles. The van der Waals surface area contributed by atoms with Gasteiger partial charge in [-0.2, -0.15) is 0 Å². The first-order valence-corrected chi connectivity index (χ1v) is 8.02. The number of rotatable bonds is 3. The van der Waals surface area contributed by atoms with Crippen molar-refractivity contribution in [3.8, 4) is 16.9 Å². The molecular formula is C19H16BrNO2. The molecule has 3 nitrogen and oxygen atoms in total. The lowest BCUT2D eigenvalue weighted by atomic mass is 10.1. The molecule has 0 amide bonds. The molecule has 0 fully saturated rings. The largest absolute Gasteiger partial charge is 0.465 e. The fourth-order valence-corrected chi connectivity index (χ4v) is 2.88. The number of benzene rings is 2. The third-order valence-electron chi connectivity index (χ3n) is 3.74. The van der Waals surface area contributed by atoms with Gasteiger partial charge in [0.2, 0.25) is 0 Å². The van der Waals surface area contributed by atoms with Gasteiger partial charge in [-0.25, -0.2) is 4.79 Å². The molecule has 0 unspecified atom stereocenters. The van der Waals surface area contributed by atoms with Crippen molar-refractivity contribution >= 4 is 21.9 Å². The van der Waals surface area contributed by atoms with Crippen LogP contribution < -0.4 is 0 Å². The lowest BCUT2D eigenvalue weighted by molar-refractivity contribution is 0.0600. The van der Waals surface area contributed by atoms with Crippen LogP contribution in [0.5, 0.6) is 0 Å². The Balaban J connectivity index is 2.12. The minimum absolute atomic E-state index is 0.332. The number of halogens is 1. The SMILES string of the molecule is COC(=O)c1cccc(-n2c(C)ccc2-c2ccc(Br)cc2)c1. The molecule has 1 aromatic heterocycles. The molecule has 0 N–H and O–H groups in total. The Morgan fingerprint density at radius 3 is 2.48 bits per heavy atom. The van der Waals surface area contributed by atoms with Gasteiger partial charge in [-0.3, -0.25) is 0 Å². The zero-order chi connectivity index (χ0) is 16.4. The maximum absolute atomic E-state index is 11.8. The Kier molecular flexibility index (Phi) is 4.35. The van der Waals surface area contributed by atoms with Crippen molar-refractivity contribution in [2.24, 2.45) is 0 Å². The third kappa shape index (κ3) is 3.08. The number of hydrogen-bond acceptors (Lipinski definition) is 2. The lowest BCUT2D eigenvalue weighted by Gasteiger charge is -2.13. The summed E-state index contributed by atoms with van der Waals surface area (Å²) in [7, 11) is 1.39. The topological polar surface area (TPSA) is 31.2 Å². The minimum atomic E-state index is -0.332. The predicted molar refractivity (Wildman–Crippen MR) is 95.0 cm³/mol. The molecule has 23 heavy (non-hydrogen) atoms. The van der Waals surface area contributed by atoms with Crippen LogP contribution in [0, 0.1) is 6.92 Å². The molecule has 116 valence electrons. The standard InChI is InChI=1S/C19H16BrNO2/c1-13-6-11-18(14-7-9-16(20)10-8-14)21(13)17-5-3-4-15(12-17)19(22)23-2/h3-12H,1-2H3. The van der Waals surface area contributed by atoms with E-state index in [-0.39, 0.29) is 5.97 Å². The number of ether oxygens (including phenoxy) is 1. The summed E-state index contributed by atoms with van der Waals surface area (Å²) in [4.78, 5) is 11.8. The van der Waals surface area contributed by atoms with Crippen LogP contribution >= 0.6 is 15.9 Å². The van der Waals surface area contributed by atoms with Gasteiger partial charge in [-0.15, -0.1) is 0 Å². The van der Waals surface area contributed by atoms with Crippen LogP contribution in [0.2, 0.25) is 0 Å². The zero-order valence-electron chi connectivity index (χ0n) is 12.9. The van der Waals surface area contributed by atoms with Gasteiger partial charge in [0.25, 0.3) is 0 Å². The number of methoxy groups -OCH3 is 1. The van der Waals surface area contributed by atoms with E-state index in [0.717, 1.165) is 27.1 Å². The number of hydrogen-bond donors (Lipinski definition) is 0. The van der Waals surface area contributed by atoms with E-state index in [1.54, 1.807) is 6.07 Å². The molecule has 3 aromatic rings. The summed E-state index contributed by atoms with van der Waals surface area (Å²) in [6, 6.07) is 19.8. The van der Waals surface area contributed by atoms with Crippen LogP contribution in [0.15, 0.2) is 65.1 Å². The van der Waals surface area contributed by atoms with Crippen molar-refractivity contribution in [1.82, 2.24) is 4.57 Å². The second kappa shape index (κ2) is 6.42. The third-order valence-corrected chi connectivity index (χ3v) is 4.27. The molecule has 2 aromatic carbocycles. The maximum atomic E-state index is 11.8. The van der Waals surface area contributed by atoms with Gasteiger partial charge >= 0.3 is 5.97 Å². The van der Waals surface area contributed by atoms with Gasteiger partial charge in [0.05, 0.1) is 18.4 Å². The maximum Gasteiger partial charge on any atom is 0.337 e. The first kappa shape index (κ1) is 15.6. The molecule has 0 saturated heterocycles. The van der Waals surface area contributed by atoms with E-state index >= 15 is 0 Å². The van der Waals surface area contributed by atoms with Crippen molar-refractivity contribution in [1.29, 1.82) is 0 Å². The van der Waals surface area contributed by atoms with Crippen LogP contribution in [-0.2, 0) is 4.74 Å². The Labute approximate surface area is 143 Å². The fourth-order valence-electron chi connectivity index (χ4n) is 2.62. The van der Waals surface area contributed by atoms with E-state index in [2.05, 4.69) is 44.8 Å². The average Bonchev–Trinajstić information content (AvgIpc) is 2.96. The summed E-state index contributed by atoms with van der Waals surface area (Å²) in [6.07, 6.45) is 0. The molecule has 3 rings (SSSR count). The molecule has 0 aliphatic carbocycles.